The number of rotatable bonds is 11. The average molecular weight is 667 g/mol. The highest BCUT2D eigenvalue weighted by Gasteiger charge is 2.20. The Labute approximate surface area is 301 Å². The summed E-state index contributed by atoms with van der Waals surface area (Å²) in [5, 5.41) is 0. The van der Waals surface area contributed by atoms with Crippen LogP contribution in [0.25, 0.3) is 11.1 Å². The van der Waals surface area contributed by atoms with E-state index in [2.05, 4.69) is 169 Å². The van der Waals surface area contributed by atoms with Crippen LogP contribution < -0.4 is 19.3 Å². The van der Waals surface area contributed by atoms with E-state index in [4.69, 9.17) is 9.47 Å². The molecular formula is C47H42N2O2. The summed E-state index contributed by atoms with van der Waals surface area (Å²) in [5.41, 5.74) is 13.7. The summed E-state index contributed by atoms with van der Waals surface area (Å²) in [6.07, 6.45) is 0.750. The smallest absolute Gasteiger partial charge is 0.119 e. The minimum atomic E-state index is 0.750. The van der Waals surface area contributed by atoms with Crippen LogP contribution in [-0.2, 0) is 6.42 Å². The van der Waals surface area contributed by atoms with E-state index < -0.39 is 0 Å². The van der Waals surface area contributed by atoms with E-state index in [1.807, 2.05) is 24.3 Å². The molecule has 0 heterocycles. The molecule has 0 aliphatic heterocycles. The molecule has 0 radical (unpaired) electrons. The van der Waals surface area contributed by atoms with Gasteiger partial charge in [-0.2, -0.15) is 0 Å². The Kier molecular flexibility index (Phi) is 9.84. The molecular weight excluding hydrogens is 625 g/mol. The largest absolute Gasteiger partial charge is 0.497 e. The molecule has 0 amide bonds. The van der Waals surface area contributed by atoms with Gasteiger partial charge >= 0.3 is 0 Å². The van der Waals surface area contributed by atoms with E-state index in [0.717, 1.165) is 52.0 Å². The summed E-state index contributed by atoms with van der Waals surface area (Å²) in [6.45, 7) is 4.28. The lowest BCUT2D eigenvalue weighted by atomic mass is 9.94. The van der Waals surface area contributed by atoms with Gasteiger partial charge in [0, 0.05) is 34.1 Å². The van der Waals surface area contributed by atoms with Gasteiger partial charge in [0.05, 0.1) is 14.2 Å². The number of methoxy groups -OCH3 is 2. The van der Waals surface area contributed by atoms with Crippen molar-refractivity contribution in [2.75, 3.05) is 24.0 Å². The number of hydrogen-bond acceptors (Lipinski definition) is 4. The number of anilines is 6. The predicted octanol–water partition coefficient (Wildman–Crippen LogP) is 12.5. The first-order chi connectivity index (χ1) is 25.0. The fourth-order valence-electron chi connectivity index (χ4n) is 6.70. The van der Waals surface area contributed by atoms with Gasteiger partial charge in [0.1, 0.15) is 11.5 Å². The monoisotopic (exact) mass is 666 g/mol. The lowest BCUT2D eigenvalue weighted by molar-refractivity contribution is 0.414. The van der Waals surface area contributed by atoms with Crippen LogP contribution in [0.1, 0.15) is 22.3 Å². The Balaban J connectivity index is 1.46. The highest BCUT2D eigenvalue weighted by Crippen LogP contribution is 2.43. The third-order valence-corrected chi connectivity index (χ3v) is 9.16. The highest BCUT2D eigenvalue weighted by molar-refractivity contribution is 5.84. The van der Waals surface area contributed by atoms with Crippen LogP contribution in [0.4, 0.5) is 34.1 Å². The third kappa shape index (κ3) is 7.51. The van der Waals surface area contributed by atoms with Gasteiger partial charge < -0.3 is 19.3 Å². The van der Waals surface area contributed by atoms with Crippen molar-refractivity contribution in [2.45, 2.75) is 20.3 Å². The van der Waals surface area contributed by atoms with Gasteiger partial charge in [-0.3, -0.25) is 0 Å². The molecule has 0 fully saturated rings. The standard InChI is InChI=1S/C47H42N2O2/c1-34-12-10-17-41(28-34)48(39-20-24-45(50-3)25-21-39)43-31-36(30-38-16-8-9-19-47(38)37-14-6-5-7-15-37)32-44(33-43)49(42-18-11-13-35(2)29-42)40-22-26-46(51-4)27-23-40/h5-29,31-33H,30H2,1-4H3. The van der Waals surface area contributed by atoms with E-state index in [-0.39, 0.29) is 0 Å². The molecule has 7 aromatic rings. The van der Waals surface area contributed by atoms with Gasteiger partial charge in [-0.1, -0.05) is 78.9 Å². The molecule has 7 aromatic carbocycles. The number of nitrogens with zero attached hydrogens (tertiary/aromatic N) is 2. The lowest BCUT2D eigenvalue weighted by Crippen LogP contribution is -2.14. The maximum atomic E-state index is 5.55. The zero-order valence-electron chi connectivity index (χ0n) is 29.6. The predicted molar refractivity (Wildman–Crippen MR) is 213 cm³/mol. The van der Waals surface area contributed by atoms with Crippen molar-refractivity contribution in [3.8, 4) is 22.6 Å². The minimum absolute atomic E-state index is 0.750. The Hall–Kier alpha value is -6.26. The van der Waals surface area contributed by atoms with Gasteiger partial charge in [0.15, 0.2) is 0 Å². The molecule has 4 heteroatoms. The molecule has 51 heavy (non-hydrogen) atoms. The van der Waals surface area contributed by atoms with Crippen LogP contribution in [0.15, 0.2) is 170 Å². The summed E-state index contributed by atoms with van der Waals surface area (Å²) >= 11 is 0. The molecule has 0 aliphatic rings. The number of benzene rings is 7. The maximum Gasteiger partial charge on any atom is 0.119 e. The summed E-state index contributed by atoms with van der Waals surface area (Å²) in [6, 6.07) is 60.3. The first kappa shape index (κ1) is 33.2. The van der Waals surface area contributed by atoms with Gasteiger partial charge in [-0.25, -0.2) is 0 Å². The quantitative estimate of drug-likeness (QED) is 0.137. The molecule has 0 aromatic heterocycles. The minimum Gasteiger partial charge on any atom is -0.497 e. The van der Waals surface area contributed by atoms with E-state index in [0.29, 0.717) is 0 Å². The Morgan fingerprint density at radius 2 is 0.902 bits per heavy atom. The van der Waals surface area contributed by atoms with Crippen molar-refractivity contribution in [3.63, 3.8) is 0 Å². The highest BCUT2D eigenvalue weighted by atomic mass is 16.5. The van der Waals surface area contributed by atoms with Gasteiger partial charge in [0.25, 0.3) is 0 Å². The summed E-state index contributed by atoms with van der Waals surface area (Å²) in [4.78, 5) is 4.68. The van der Waals surface area contributed by atoms with Crippen LogP contribution in [0.5, 0.6) is 11.5 Å². The van der Waals surface area contributed by atoms with E-state index in [1.165, 1.54) is 33.4 Å². The van der Waals surface area contributed by atoms with Crippen molar-refractivity contribution in [3.05, 3.63) is 192 Å². The van der Waals surface area contributed by atoms with Crippen molar-refractivity contribution in [1.29, 1.82) is 0 Å². The van der Waals surface area contributed by atoms with Crippen LogP contribution in [-0.4, -0.2) is 14.2 Å². The molecule has 0 atom stereocenters. The van der Waals surface area contributed by atoms with Crippen LogP contribution in [0.3, 0.4) is 0 Å². The summed E-state index contributed by atoms with van der Waals surface area (Å²) < 4.78 is 11.1. The second-order valence-corrected chi connectivity index (χ2v) is 12.8. The van der Waals surface area contributed by atoms with Crippen molar-refractivity contribution in [1.82, 2.24) is 0 Å². The van der Waals surface area contributed by atoms with Gasteiger partial charge in [0.2, 0.25) is 0 Å². The fourth-order valence-corrected chi connectivity index (χ4v) is 6.70. The number of aryl methyl sites for hydroxylation is 2. The molecule has 4 nitrogen and oxygen atoms in total. The Morgan fingerprint density at radius 3 is 1.39 bits per heavy atom. The second-order valence-electron chi connectivity index (χ2n) is 12.8. The summed E-state index contributed by atoms with van der Waals surface area (Å²) in [7, 11) is 3.41. The van der Waals surface area contributed by atoms with Gasteiger partial charge in [-0.05, 0) is 145 Å². The molecule has 252 valence electrons. The molecule has 0 bridgehead atoms. The SMILES string of the molecule is COc1ccc(N(c2cccc(C)c2)c2cc(Cc3ccccc3-c3ccccc3)cc(N(c3ccc(OC)cc3)c3cccc(C)c3)c2)cc1. The van der Waals surface area contributed by atoms with Crippen LogP contribution >= 0.6 is 0 Å². The zero-order chi connectivity index (χ0) is 35.2. The molecule has 0 spiro atoms. The third-order valence-electron chi connectivity index (χ3n) is 9.16. The first-order valence-electron chi connectivity index (χ1n) is 17.3. The summed E-state index contributed by atoms with van der Waals surface area (Å²) in [5.74, 6) is 1.64. The van der Waals surface area contributed by atoms with Crippen molar-refractivity contribution >= 4 is 34.1 Å². The second kappa shape index (κ2) is 15.1. The number of ether oxygens (including phenoxy) is 2. The van der Waals surface area contributed by atoms with E-state index in [1.54, 1.807) is 14.2 Å². The van der Waals surface area contributed by atoms with E-state index >= 15 is 0 Å². The molecule has 0 saturated carbocycles. The normalized spacial score (nSPS) is 10.8. The Morgan fingerprint density at radius 1 is 0.412 bits per heavy atom. The molecule has 0 aliphatic carbocycles. The first-order valence-corrected chi connectivity index (χ1v) is 17.3. The van der Waals surface area contributed by atoms with Crippen molar-refractivity contribution < 1.29 is 9.47 Å². The van der Waals surface area contributed by atoms with E-state index in [9.17, 15) is 0 Å². The molecule has 7 rings (SSSR count). The van der Waals surface area contributed by atoms with Crippen LogP contribution in [0.2, 0.25) is 0 Å². The Bertz CT molecular complexity index is 2110. The molecule has 0 unspecified atom stereocenters. The van der Waals surface area contributed by atoms with Crippen LogP contribution in [0, 0.1) is 13.8 Å². The average Bonchev–Trinajstić information content (AvgIpc) is 3.16. The fraction of sp³-hybridized carbons (Fsp3) is 0.106. The maximum absolute atomic E-state index is 5.55. The molecule has 0 saturated heterocycles. The van der Waals surface area contributed by atoms with Crippen molar-refractivity contribution in [2.24, 2.45) is 0 Å². The topological polar surface area (TPSA) is 24.9 Å². The zero-order valence-corrected chi connectivity index (χ0v) is 29.6. The number of hydrogen-bond donors (Lipinski definition) is 0. The lowest BCUT2D eigenvalue weighted by Gasteiger charge is -2.31. The molecule has 0 N–H and O–H groups in total. The van der Waals surface area contributed by atoms with Gasteiger partial charge in [-0.15, -0.1) is 0 Å².